The topological polar surface area (TPSA) is 106 Å². The molecule has 0 spiro atoms. The van der Waals surface area contributed by atoms with Crippen LogP contribution in [0.2, 0.25) is 0 Å². The molecule has 4 atom stereocenters. The second kappa shape index (κ2) is 8.27. The molecule has 2 aliphatic heterocycles. The first-order valence-corrected chi connectivity index (χ1v) is 10.00. The molecular weight excluding hydrogens is 416 g/mol. The third-order valence-electron chi connectivity index (χ3n) is 5.25. The third-order valence-corrected chi connectivity index (χ3v) is 5.25. The maximum absolute atomic E-state index is 12.7. The zero-order valence-electron chi connectivity index (χ0n) is 16.7. The normalized spacial score (nSPS) is 23.0. The number of rotatable bonds is 5. The molecule has 9 heteroatoms. The average molecular weight is 434 g/mol. The minimum atomic E-state index is -0.895. The van der Waals surface area contributed by atoms with Crippen LogP contribution in [-0.2, 0) is 14.2 Å². The number of hydrogen-bond acceptors (Lipinski definition) is 8. The molecule has 2 aliphatic rings. The minimum Gasteiger partial charge on any atom is -0.459 e. The molecule has 0 amide bonds. The lowest BCUT2D eigenvalue weighted by atomic mass is 10.1. The molecule has 0 bridgehead atoms. The maximum Gasteiger partial charge on any atom is 0.338 e. The molecule has 5 rings (SSSR count). The summed E-state index contributed by atoms with van der Waals surface area (Å²) in [5.41, 5.74) is 0.299. The molecule has 0 aliphatic carbocycles. The summed E-state index contributed by atoms with van der Waals surface area (Å²) < 4.78 is 24.5. The summed E-state index contributed by atoms with van der Waals surface area (Å²) in [6, 6.07) is 18.4. The van der Waals surface area contributed by atoms with E-state index in [2.05, 4.69) is 4.98 Å². The number of carbonyl (C=O) groups is 2. The molecule has 9 nitrogen and oxygen atoms in total. The number of nitrogens with zero attached hydrogens (tertiary/aromatic N) is 2. The zero-order valence-corrected chi connectivity index (χ0v) is 16.7. The lowest BCUT2D eigenvalue weighted by Crippen LogP contribution is -2.40. The summed E-state index contributed by atoms with van der Waals surface area (Å²) in [4.78, 5) is 40.5. The molecule has 3 aromatic rings. The Labute approximate surface area is 182 Å². The number of fused-ring (bicyclic) bond motifs is 3. The molecule has 1 aromatic heterocycles. The third kappa shape index (κ3) is 3.74. The van der Waals surface area contributed by atoms with Crippen molar-refractivity contribution in [2.24, 2.45) is 0 Å². The quantitative estimate of drug-likeness (QED) is 0.562. The van der Waals surface area contributed by atoms with Crippen molar-refractivity contribution in [3.8, 4) is 6.01 Å². The van der Waals surface area contributed by atoms with E-state index in [4.69, 9.17) is 18.9 Å². The summed E-state index contributed by atoms with van der Waals surface area (Å²) in [6.07, 6.45) is -1.61. The number of benzene rings is 2. The van der Waals surface area contributed by atoms with Gasteiger partial charge in [0.2, 0.25) is 0 Å². The highest BCUT2D eigenvalue weighted by Crippen LogP contribution is 2.40. The number of aromatic nitrogens is 2. The van der Waals surface area contributed by atoms with E-state index in [1.807, 2.05) is 0 Å². The van der Waals surface area contributed by atoms with Gasteiger partial charge in [-0.1, -0.05) is 36.4 Å². The Balaban J connectivity index is 1.37. The predicted molar refractivity (Wildman–Crippen MR) is 109 cm³/mol. The number of carbonyl (C=O) groups excluding carboxylic acids is 2. The Morgan fingerprint density at radius 1 is 0.938 bits per heavy atom. The van der Waals surface area contributed by atoms with E-state index >= 15 is 0 Å². The largest absolute Gasteiger partial charge is 0.459 e. The SMILES string of the molecule is O=C(OC[C@@H]1O[C@@H]2[C@@H](Oc3nc(=O)ccn32)[C@@H]1OC(=O)c1ccccc1)c1ccccc1. The highest BCUT2D eigenvalue weighted by atomic mass is 16.7. The van der Waals surface area contributed by atoms with Crippen molar-refractivity contribution in [3.05, 3.63) is 94.4 Å². The molecule has 0 unspecified atom stereocenters. The van der Waals surface area contributed by atoms with E-state index < -0.39 is 42.0 Å². The highest BCUT2D eigenvalue weighted by Gasteiger charge is 2.54. The Bertz CT molecular complexity index is 1200. The lowest BCUT2D eigenvalue weighted by Gasteiger charge is -2.22. The molecular formula is C23H18N2O7. The molecule has 3 heterocycles. The fourth-order valence-corrected chi connectivity index (χ4v) is 3.71. The molecule has 2 aromatic carbocycles. The van der Waals surface area contributed by atoms with Gasteiger partial charge in [-0.25, -0.2) is 9.59 Å². The Morgan fingerprint density at radius 3 is 2.28 bits per heavy atom. The standard InChI is InChI=1S/C23H18N2O7/c26-17-11-12-25-20-19(32-23(25)24-17)18(31-22(28)15-9-5-2-6-10-15)16(30-20)13-29-21(27)14-7-3-1-4-8-14/h1-12,16,18-20H,13H2/t16-,18+,19-,20+/m0/s1. The molecule has 1 fully saturated rings. The van der Waals surface area contributed by atoms with Crippen LogP contribution < -0.4 is 10.3 Å². The van der Waals surface area contributed by atoms with E-state index in [-0.39, 0.29) is 12.6 Å². The Morgan fingerprint density at radius 2 is 1.59 bits per heavy atom. The zero-order chi connectivity index (χ0) is 22.1. The fraction of sp³-hybridized carbons (Fsp3) is 0.217. The first kappa shape index (κ1) is 20.0. The van der Waals surface area contributed by atoms with Crippen LogP contribution in [0.4, 0.5) is 0 Å². The highest BCUT2D eigenvalue weighted by molar-refractivity contribution is 5.90. The van der Waals surface area contributed by atoms with Gasteiger partial charge in [-0.2, -0.15) is 4.98 Å². The minimum absolute atomic E-state index is 0.0768. The van der Waals surface area contributed by atoms with Crippen LogP contribution in [0.15, 0.2) is 77.7 Å². The van der Waals surface area contributed by atoms with Crippen LogP contribution in [0.5, 0.6) is 6.01 Å². The Hall–Kier alpha value is -3.98. The molecule has 0 radical (unpaired) electrons. The summed E-state index contributed by atoms with van der Waals surface area (Å²) in [6.45, 7) is -0.153. The van der Waals surface area contributed by atoms with Gasteiger partial charge in [0.1, 0.15) is 12.7 Å². The van der Waals surface area contributed by atoms with Crippen LogP contribution >= 0.6 is 0 Å². The molecule has 32 heavy (non-hydrogen) atoms. The van der Waals surface area contributed by atoms with Gasteiger partial charge in [0.15, 0.2) is 18.4 Å². The monoisotopic (exact) mass is 434 g/mol. The van der Waals surface area contributed by atoms with Crippen molar-refractivity contribution >= 4 is 11.9 Å². The van der Waals surface area contributed by atoms with Crippen molar-refractivity contribution < 1.29 is 28.5 Å². The predicted octanol–water partition coefficient (Wildman–Crippen LogP) is 1.98. The van der Waals surface area contributed by atoms with E-state index in [0.717, 1.165) is 0 Å². The van der Waals surface area contributed by atoms with Gasteiger partial charge in [-0.3, -0.25) is 9.36 Å². The van der Waals surface area contributed by atoms with E-state index in [9.17, 15) is 14.4 Å². The summed E-state index contributed by atoms with van der Waals surface area (Å²) in [5.74, 6) is -1.09. The average Bonchev–Trinajstić information content (AvgIpc) is 3.34. The molecule has 0 saturated carbocycles. The van der Waals surface area contributed by atoms with Crippen LogP contribution in [-0.4, -0.2) is 46.4 Å². The molecule has 1 saturated heterocycles. The summed E-state index contributed by atoms with van der Waals surface area (Å²) in [5, 5.41) is 0. The van der Waals surface area contributed by atoms with Gasteiger partial charge < -0.3 is 18.9 Å². The van der Waals surface area contributed by atoms with Crippen molar-refractivity contribution in [1.29, 1.82) is 0 Å². The van der Waals surface area contributed by atoms with Gasteiger partial charge in [0, 0.05) is 12.3 Å². The Kier molecular flexibility index (Phi) is 5.16. The van der Waals surface area contributed by atoms with Crippen molar-refractivity contribution in [2.75, 3.05) is 6.61 Å². The van der Waals surface area contributed by atoms with Gasteiger partial charge >= 0.3 is 17.9 Å². The second-order valence-electron chi connectivity index (χ2n) is 7.30. The van der Waals surface area contributed by atoms with Crippen LogP contribution in [0.25, 0.3) is 0 Å². The fourth-order valence-electron chi connectivity index (χ4n) is 3.71. The number of ether oxygens (including phenoxy) is 4. The van der Waals surface area contributed by atoms with Crippen LogP contribution in [0, 0.1) is 0 Å². The van der Waals surface area contributed by atoms with Crippen LogP contribution in [0.3, 0.4) is 0 Å². The second-order valence-corrected chi connectivity index (χ2v) is 7.30. The van der Waals surface area contributed by atoms with Crippen molar-refractivity contribution in [3.63, 3.8) is 0 Å². The first-order chi connectivity index (χ1) is 15.6. The summed E-state index contributed by atoms with van der Waals surface area (Å²) in [7, 11) is 0. The van der Waals surface area contributed by atoms with E-state index in [0.29, 0.717) is 11.1 Å². The first-order valence-electron chi connectivity index (χ1n) is 10.00. The van der Waals surface area contributed by atoms with Crippen molar-refractivity contribution in [1.82, 2.24) is 9.55 Å². The lowest BCUT2D eigenvalue weighted by molar-refractivity contribution is -0.0574. The van der Waals surface area contributed by atoms with Gasteiger partial charge in [-0.15, -0.1) is 0 Å². The van der Waals surface area contributed by atoms with E-state index in [1.165, 1.54) is 12.3 Å². The molecule has 0 N–H and O–H groups in total. The van der Waals surface area contributed by atoms with Crippen molar-refractivity contribution in [2.45, 2.75) is 24.5 Å². The number of hydrogen-bond donors (Lipinski definition) is 0. The van der Waals surface area contributed by atoms with Gasteiger partial charge in [0.25, 0.3) is 5.56 Å². The van der Waals surface area contributed by atoms with Gasteiger partial charge in [0.05, 0.1) is 11.1 Å². The maximum atomic E-state index is 12.7. The number of esters is 2. The van der Waals surface area contributed by atoms with Gasteiger partial charge in [-0.05, 0) is 24.3 Å². The smallest absolute Gasteiger partial charge is 0.338 e. The van der Waals surface area contributed by atoms with Crippen LogP contribution in [0.1, 0.15) is 26.9 Å². The summed E-state index contributed by atoms with van der Waals surface area (Å²) >= 11 is 0. The van der Waals surface area contributed by atoms with E-state index in [1.54, 1.807) is 65.2 Å². The molecule has 162 valence electrons.